The smallest absolute Gasteiger partial charge is 0.146 e. The fourth-order valence-electron chi connectivity index (χ4n) is 3.35. The average molecular weight is 322 g/mol. The van der Waals surface area contributed by atoms with E-state index in [0.29, 0.717) is 24.5 Å². The highest BCUT2D eigenvalue weighted by molar-refractivity contribution is 5.53. The van der Waals surface area contributed by atoms with Crippen molar-refractivity contribution in [2.45, 2.75) is 18.6 Å². The molecule has 1 atom stereocenters. The minimum atomic E-state index is -0.784. The van der Waals surface area contributed by atoms with E-state index in [1.165, 1.54) is 5.56 Å². The van der Waals surface area contributed by atoms with Gasteiger partial charge in [0.15, 0.2) is 0 Å². The van der Waals surface area contributed by atoms with Crippen LogP contribution in [0.15, 0.2) is 48.7 Å². The molecule has 2 heterocycles. The highest BCUT2D eigenvalue weighted by Crippen LogP contribution is 2.26. The topological polar surface area (TPSA) is 63.4 Å². The average Bonchev–Trinajstić information content (AvgIpc) is 2.96. The normalized spacial score (nSPS) is 20.7. The molecular weight excluding hydrogens is 300 g/mol. The van der Waals surface area contributed by atoms with Gasteiger partial charge < -0.3 is 10.0 Å². The molecule has 0 saturated carbocycles. The Kier molecular flexibility index (Phi) is 4.79. The lowest BCUT2D eigenvalue weighted by molar-refractivity contribution is 0.0561. The van der Waals surface area contributed by atoms with Crippen LogP contribution in [0.3, 0.4) is 0 Å². The molecule has 1 N–H and O–H groups in total. The molecule has 0 radical (unpaired) electrons. The summed E-state index contributed by atoms with van der Waals surface area (Å²) >= 11 is 0. The van der Waals surface area contributed by atoms with Gasteiger partial charge in [-0.1, -0.05) is 30.3 Å². The van der Waals surface area contributed by atoms with Crippen molar-refractivity contribution in [3.63, 3.8) is 0 Å². The van der Waals surface area contributed by atoms with Crippen LogP contribution in [0.4, 0.5) is 5.82 Å². The first-order valence-electron chi connectivity index (χ1n) is 8.14. The van der Waals surface area contributed by atoms with Crippen LogP contribution in [0.2, 0.25) is 0 Å². The van der Waals surface area contributed by atoms with Gasteiger partial charge in [0.05, 0.1) is 11.2 Å². The van der Waals surface area contributed by atoms with Crippen molar-refractivity contribution in [1.29, 1.82) is 5.26 Å². The van der Waals surface area contributed by atoms with Gasteiger partial charge in [-0.2, -0.15) is 5.26 Å². The van der Waals surface area contributed by atoms with E-state index in [1.54, 1.807) is 18.3 Å². The number of rotatable bonds is 5. The van der Waals surface area contributed by atoms with Crippen molar-refractivity contribution in [3.8, 4) is 6.07 Å². The van der Waals surface area contributed by atoms with Gasteiger partial charge in [-0.05, 0) is 24.1 Å². The van der Waals surface area contributed by atoms with Crippen molar-refractivity contribution in [1.82, 2.24) is 9.88 Å². The van der Waals surface area contributed by atoms with E-state index in [1.807, 2.05) is 30.1 Å². The van der Waals surface area contributed by atoms with Gasteiger partial charge >= 0.3 is 0 Å². The third-order valence-corrected chi connectivity index (χ3v) is 4.46. The van der Waals surface area contributed by atoms with Gasteiger partial charge in [-0.3, -0.25) is 4.90 Å². The van der Waals surface area contributed by atoms with Crippen LogP contribution in [0.5, 0.6) is 0 Å². The summed E-state index contributed by atoms with van der Waals surface area (Å²) in [5, 5.41) is 20.2. The summed E-state index contributed by atoms with van der Waals surface area (Å²) in [5.41, 5.74) is 1.00. The molecule has 0 aliphatic carbocycles. The number of β-amino-alcohol motifs (C(OH)–C–C–N with tert-alkyl or cyclic N) is 1. The number of aromatic nitrogens is 1. The summed E-state index contributed by atoms with van der Waals surface area (Å²) < 4.78 is 0. The summed E-state index contributed by atoms with van der Waals surface area (Å²) in [4.78, 5) is 8.44. The van der Waals surface area contributed by atoms with E-state index in [9.17, 15) is 10.4 Å². The lowest BCUT2D eigenvalue weighted by Crippen LogP contribution is -2.44. The molecule has 2 aromatic rings. The van der Waals surface area contributed by atoms with Crippen LogP contribution in [0, 0.1) is 11.3 Å². The van der Waals surface area contributed by atoms with Gasteiger partial charge in [0, 0.05) is 39.4 Å². The lowest BCUT2D eigenvalue weighted by atomic mass is 10.0. The first-order chi connectivity index (χ1) is 11.6. The van der Waals surface area contributed by atoms with E-state index in [4.69, 9.17) is 0 Å². The van der Waals surface area contributed by atoms with Crippen LogP contribution < -0.4 is 4.90 Å². The standard InChI is InChI=1S/C19H22N4O/c1-22(18-17(12-20)8-5-10-21-18)14-19(24)9-11-23(15-19)13-16-6-3-2-4-7-16/h2-8,10,24H,9,11,13-15H2,1H3. The molecule has 1 aliphatic rings. The molecule has 1 aromatic heterocycles. The third-order valence-electron chi connectivity index (χ3n) is 4.46. The number of nitrogens with zero attached hydrogens (tertiary/aromatic N) is 4. The van der Waals surface area contributed by atoms with Crippen LogP contribution >= 0.6 is 0 Å². The summed E-state index contributed by atoms with van der Waals surface area (Å²) in [6, 6.07) is 16.0. The molecular formula is C19H22N4O. The number of likely N-dealkylation sites (tertiary alicyclic amines) is 1. The fourth-order valence-corrected chi connectivity index (χ4v) is 3.35. The van der Waals surface area contributed by atoms with E-state index in [0.717, 1.165) is 19.5 Å². The first-order valence-corrected chi connectivity index (χ1v) is 8.14. The Bertz CT molecular complexity index is 728. The largest absolute Gasteiger partial charge is 0.387 e. The molecule has 0 spiro atoms. The highest BCUT2D eigenvalue weighted by atomic mass is 16.3. The number of aliphatic hydroxyl groups is 1. The van der Waals surface area contributed by atoms with Crippen molar-refractivity contribution >= 4 is 5.82 Å². The third kappa shape index (κ3) is 3.73. The molecule has 1 aliphatic heterocycles. The van der Waals surface area contributed by atoms with E-state index in [-0.39, 0.29) is 0 Å². The zero-order valence-electron chi connectivity index (χ0n) is 13.9. The number of anilines is 1. The molecule has 24 heavy (non-hydrogen) atoms. The molecule has 1 fully saturated rings. The number of benzene rings is 1. The Labute approximate surface area is 142 Å². The molecule has 5 nitrogen and oxygen atoms in total. The summed E-state index contributed by atoms with van der Waals surface area (Å²) in [6.07, 6.45) is 2.39. The fraction of sp³-hybridized carbons (Fsp3) is 0.368. The first kappa shape index (κ1) is 16.4. The Hall–Kier alpha value is -2.42. The maximum Gasteiger partial charge on any atom is 0.146 e. The summed E-state index contributed by atoms with van der Waals surface area (Å²) in [6.45, 7) is 2.80. The minimum absolute atomic E-state index is 0.462. The summed E-state index contributed by atoms with van der Waals surface area (Å²) in [7, 11) is 1.88. The number of pyridine rings is 1. The van der Waals surface area contributed by atoms with Gasteiger partial charge in [0.1, 0.15) is 11.9 Å². The van der Waals surface area contributed by atoms with Gasteiger partial charge in [0.25, 0.3) is 0 Å². The number of hydrogen-bond acceptors (Lipinski definition) is 5. The highest BCUT2D eigenvalue weighted by Gasteiger charge is 2.37. The monoisotopic (exact) mass is 322 g/mol. The Morgan fingerprint density at radius 1 is 1.29 bits per heavy atom. The van der Waals surface area contributed by atoms with E-state index in [2.05, 4.69) is 28.1 Å². The van der Waals surface area contributed by atoms with Crippen LogP contribution in [0.25, 0.3) is 0 Å². The maximum atomic E-state index is 10.9. The van der Waals surface area contributed by atoms with Crippen molar-refractivity contribution in [2.24, 2.45) is 0 Å². The van der Waals surface area contributed by atoms with Crippen molar-refractivity contribution < 1.29 is 5.11 Å². The van der Waals surface area contributed by atoms with E-state index < -0.39 is 5.60 Å². The molecule has 3 rings (SSSR count). The minimum Gasteiger partial charge on any atom is -0.387 e. The van der Waals surface area contributed by atoms with E-state index >= 15 is 0 Å². The van der Waals surface area contributed by atoms with Crippen LogP contribution in [0.1, 0.15) is 17.5 Å². The lowest BCUT2D eigenvalue weighted by Gasteiger charge is -2.30. The van der Waals surface area contributed by atoms with Gasteiger partial charge in [-0.15, -0.1) is 0 Å². The van der Waals surface area contributed by atoms with Crippen molar-refractivity contribution in [3.05, 3.63) is 59.8 Å². The zero-order valence-corrected chi connectivity index (χ0v) is 13.9. The molecule has 124 valence electrons. The second-order valence-corrected chi connectivity index (χ2v) is 6.51. The number of hydrogen-bond donors (Lipinski definition) is 1. The second kappa shape index (κ2) is 7.00. The molecule has 5 heteroatoms. The number of likely N-dealkylation sites (N-methyl/N-ethyl adjacent to an activating group) is 1. The van der Waals surface area contributed by atoms with Crippen LogP contribution in [-0.2, 0) is 6.54 Å². The molecule has 1 saturated heterocycles. The molecule has 1 unspecified atom stereocenters. The number of nitriles is 1. The SMILES string of the molecule is CN(CC1(O)CCN(Cc2ccccc2)C1)c1ncccc1C#N. The van der Waals surface area contributed by atoms with Crippen LogP contribution in [-0.4, -0.2) is 47.3 Å². The quantitative estimate of drug-likeness (QED) is 0.912. The molecule has 0 bridgehead atoms. The summed E-state index contributed by atoms with van der Waals surface area (Å²) in [5.74, 6) is 0.620. The zero-order chi connectivity index (χ0) is 17.0. The molecule has 0 amide bonds. The van der Waals surface area contributed by atoms with Gasteiger partial charge in [-0.25, -0.2) is 4.98 Å². The predicted molar refractivity (Wildman–Crippen MR) is 93.5 cm³/mol. The maximum absolute atomic E-state index is 10.9. The Morgan fingerprint density at radius 3 is 2.83 bits per heavy atom. The Balaban J connectivity index is 1.64. The Morgan fingerprint density at radius 2 is 2.08 bits per heavy atom. The second-order valence-electron chi connectivity index (χ2n) is 6.51. The van der Waals surface area contributed by atoms with Gasteiger partial charge in [0.2, 0.25) is 0 Å². The predicted octanol–water partition coefficient (Wildman–Crippen LogP) is 2.03. The van der Waals surface area contributed by atoms with Crippen molar-refractivity contribution in [2.75, 3.05) is 31.6 Å². The molecule has 1 aromatic carbocycles.